The molecule has 6 nitrogen and oxygen atoms in total. The molecular formula is C20H23F3N2O4S. The quantitative estimate of drug-likeness (QED) is 0.707. The molecule has 0 radical (unpaired) electrons. The van der Waals surface area contributed by atoms with Crippen LogP contribution in [0, 0.1) is 5.92 Å². The maximum Gasteiger partial charge on any atom is 0.573 e. The molecule has 0 saturated carbocycles. The summed E-state index contributed by atoms with van der Waals surface area (Å²) in [6.45, 7) is 1.04. The third-order valence-corrected chi connectivity index (χ3v) is 6.57. The van der Waals surface area contributed by atoms with E-state index in [4.69, 9.17) is 4.74 Å². The molecule has 0 spiro atoms. The van der Waals surface area contributed by atoms with Gasteiger partial charge in [0.15, 0.2) is 0 Å². The Morgan fingerprint density at radius 2 is 1.67 bits per heavy atom. The molecule has 2 atom stereocenters. The molecule has 0 amide bonds. The topological polar surface area (TPSA) is 67.9 Å². The highest BCUT2D eigenvalue weighted by Crippen LogP contribution is 2.36. The Hall–Kier alpha value is -2.30. The smallest absolute Gasteiger partial charge is 0.497 e. The highest BCUT2D eigenvalue weighted by molar-refractivity contribution is 7.89. The van der Waals surface area contributed by atoms with Crippen molar-refractivity contribution in [2.45, 2.75) is 23.7 Å². The maximum atomic E-state index is 12.6. The van der Waals surface area contributed by atoms with Gasteiger partial charge in [0.2, 0.25) is 10.0 Å². The summed E-state index contributed by atoms with van der Waals surface area (Å²) in [6, 6.07) is 11.8. The van der Waals surface area contributed by atoms with Crippen molar-refractivity contribution in [3.8, 4) is 11.5 Å². The van der Waals surface area contributed by atoms with Gasteiger partial charge in [-0.2, -0.15) is 0 Å². The van der Waals surface area contributed by atoms with E-state index >= 15 is 0 Å². The monoisotopic (exact) mass is 444 g/mol. The summed E-state index contributed by atoms with van der Waals surface area (Å²) in [4.78, 5) is 2.05. The fraction of sp³-hybridized carbons (Fsp3) is 0.400. The highest BCUT2D eigenvalue weighted by Gasteiger charge is 2.34. The number of nitrogens with zero attached hydrogens (tertiary/aromatic N) is 1. The van der Waals surface area contributed by atoms with Crippen LogP contribution in [0.3, 0.4) is 0 Å². The molecule has 1 heterocycles. The fourth-order valence-corrected chi connectivity index (χ4v) is 4.78. The number of rotatable bonds is 7. The molecule has 1 N–H and O–H groups in total. The molecule has 0 aromatic heterocycles. The Labute approximate surface area is 173 Å². The van der Waals surface area contributed by atoms with Gasteiger partial charge in [-0.25, -0.2) is 13.1 Å². The molecule has 3 rings (SSSR count). The van der Waals surface area contributed by atoms with Crippen molar-refractivity contribution in [3.05, 3.63) is 54.1 Å². The minimum absolute atomic E-state index is 0.0427. The van der Waals surface area contributed by atoms with E-state index in [0.29, 0.717) is 0 Å². The molecule has 0 aliphatic carbocycles. The summed E-state index contributed by atoms with van der Waals surface area (Å²) in [7, 11) is -0.285. The summed E-state index contributed by atoms with van der Waals surface area (Å²) < 4.78 is 73.5. The number of alkyl halides is 3. The van der Waals surface area contributed by atoms with Crippen LogP contribution in [-0.4, -0.2) is 46.9 Å². The normalized spacial score (nSPS) is 20.3. The van der Waals surface area contributed by atoms with E-state index in [1.165, 1.54) is 0 Å². The Morgan fingerprint density at radius 1 is 1.07 bits per heavy atom. The van der Waals surface area contributed by atoms with Crippen LogP contribution in [0.1, 0.15) is 18.0 Å². The van der Waals surface area contributed by atoms with Crippen molar-refractivity contribution in [2.24, 2.45) is 5.92 Å². The van der Waals surface area contributed by atoms with E-state index in [2.05, 4.69) is 14.4 Å². The molecule has 0 unspecified atom stereocenters. The standard InChI is InChI=1S/C20H23F3N2O4S/c1-25-12-11-15(19(25)14-3-5-16(28-2)6-4-14)13-24-30(26,27)18-9-7-17(8-10-18)29-20(21,22)23/h3-10,15,19,24H,11-13H2,1-2H3/t15-,19+/m0/s1. The molecule has 1 saturated heterocycles. The first-order valence-corrected chi connectivity index (χ1v) is 10.8. The van der Waals surface area contributed by atoms with E-state index in [1.54, 1.807) is 7.11 Å². The first-order valence-electron chi connectivity index (χ1n) is 9.29. The number of halogens is 3. The van der Waals surface area contributed by atoms with Gasteiger partial charge in [-0.15, -0.1) is 13.2 Å². The van der Waals surface area contributed by atoms with Gasteiger partial charge < -0.3 is 9.47 Å². The van der Waals surface area contributed by atoms with E-state index in [0.717, 1.165) is 48.5 Å². The van der Waals surface area contributed by atoms with Gasteiger partial charge in [0.25, 0.3) is 0 Å². The Kier molecular flexibility index (Phi) is 6.59. The lowest BCUT2D eigenvalue weighted by molar-refractivity contribution is -0.274. The van der Waals surface area contributed by atoms with Crippen LogP contribution in [0.25, 0.3) is 0 Å². The largest absolute Gasteiger partial charge is 0.573 e. The molecule has 164 valence electrons. The van der Waals surface area contributed by atoms with Crippen molar-refractivity contribution in [1.29, 1.82) is 0 Å². The molecule has 2 aromatic rings. The lowest BCUT2D eigenvalue weighted by Gasteiger charge is -2.26. The fourth-order valence-electron chi connectivity index (χ4n) is 3.69. The van der Waals surface area contributed by atoms with Crippen LogP contribution < -0.4 is 14.2 Å². The van der Waals surface area contributed by atoms with Crippen LogP contribution in [0.5, 0.6) is 11.5 Å². The minimum atomic E-state index is -4.83. The number of hydrogen-bond donors (Lipinski definition) is 1. The van der Waals surface area contributed by atoms with Gasteiger partial charge in [-0.3, -0.25) is 4.90 Å². The number of nitrogens with one attached hydrogen (secondary N) is 1. The molecular weight excluding hydrogens is 421 g/mol. The SMILES string of the molecule is COc1ccc([C@@H]2[C@H](CNS(=O)(=O)c3ccc(OC(F)(F)F)cc3)CCN2C)cc1. The third-order valence-electron chi connectivity index (χ3n) is 5.13. The zero-order valence-electron chi connectivity index (χ0n) is 16.5. The predicted octanol–water partition coefficient (Wildman–Crippen LogP) is 3.57. The Balaban J connectivity index is 1.68. The highest BCUT2D eigenvalue weighted by atomic mass is 32.2. The molecule has 1 aliphatic rings. The number of ether oxygens (including phenoxy) is 2. The van der Waals surface area contributed by atoms with Gasteiger partial charge in [0.05, 0.1) is 12.0 Å². The van der Waals surface area contributed by atoms with Gasteiger partial charge in [-0.05, 0) is 67.9 Å². The van der Waals surface area contributed by atoms with Crippen LogP contribution >= 0.6 is 0 Å². The first kappa shape index (κ1) is 22.4. The average molecular weight is 444 g/mol. The number of likely N-dealkylation sites (tertiary alicyclic amines) is 1. The van der Waals surface area contributed by atoms with Crippen LogP contribution in [0.2, 0.25) is 0 Å². The number of sulfonamides is 1. The second-order valence-electron chi connectivity index (χ2n) is 7.12. The van der Waals surface area contributed by atoms with Crippen LogP contribution in [-0.2, 0) is 10.0 Å². The molecule has 2 aromatic carbocycles. The summed E-state index contributed by atoms with van der Waals surface area (Å²) >= 11 is 0. The second-order valence-corrected chi connectivity index (χ2v) is 8.89. The minimum Gasteiger partial charge on any atom is -0.497 e. The van der Waals surface area contributed by atoms with E-state index in [1.807, 2.05) is 31.3 Å². The summed E-state index contributed by atoms with van der Waals surface area (Å²) in [5, 5.41) is 0. The predicted molar refractivity (Wildman–Crippen MR) is 105 cm³/mol. The molecule has 0 bridgehead atoms. The molecule has 1 fully saturated rings. The number of benzene rings is 2. The van der Waals surface area contributed by atoms with Crippen molar-refractivity contribution in [3.63, 3.8) is 0 Å². The number of hydrogen-bond acceptors (Lipinski definition) is 5. The van der Waals surface area contributed by atoms with E-state index in [-0.39, 0.29) is 23.4 Å². The Bertz CT molecular complexity index is 948. The van der Waals surface area contributed by atoms with Crippen molar-refractivity contribution >= 4 is 10.0 Å². The molecule has 10 heteroatoms. The number of methoxy groups -OCH3 is 1. The van der Waals surface area contributed by atoms with Crippen LogP contribution in [0.15, 0.2) is 53.4 Å². The first-order chi connectivity index (χ1) is 14.1. The van der Waals surface area contributed by atoms with Crippen molar-refractivity contribution < 1.29 is 31.1 Å². The van der Waals surface area contributed by atoms with Gasteiger partial charge in [0, 0.05) is 12.6 Å². The van der Waals surface area contributed by atoms with Gasteiger partial charge >= 0.3 is 6.36 Å². The average Bonchev–Trinajstić information content (AvgIpc) is 3.06. The van der Waals surface area contributed by atoms with Crippen molar-refractivity contribution in [2.75, 3.05) is 27.2 Å². The summed E-state index contributed by atoms with van der Waals surface area (Å²) in [5.74, 6) is 0.319. The third kappa shape index (κ3) is 5.44. The Morgan fingerprint density at radius 3 is 2.23 bits per heavy atom. The molecule has 1 aliphatic heterocycles. The van der Waals surface area contributed by atoms with Crippen molar-refractivity contribution in [1.82, 2.24) is 9.62 Å². The maximum absolute atomic E-state index is 12.6. The zero-order valence-corrected chi connectivity index (χ0v) is 17.3. The molecule has 30 heavy (non-hydrogen) atoms. The summed E-state index contributed by atoms with van der Waals surface area (Å²) in [5.41, 5.74) is 1.06. The second kappa shape index (κ2) is 8.83. The lowest BCUT2D eigenvalue weighted by atomic mass is 9.94. The van der Waals surface area contributed by atoms with Gasteiger partial charge in [0.1, 0.15) is 11.5 Å². The van der Waals surface area contributed by atoms with E-state index in [9.17, 15) is 21.6 Å². The zero-order chi connectivity index (χ0) is 21.9. The van der Waals surface area contributed by atoms with Crippen LogP contribution in [0.4, 0.5) is 13.2 Å². The van der Waals surface area contributed by atoms with E-state index < -0.39 is 22.1 Å². The lowest BCUT2D eigenvalue weighted by Crippen LogP contribution is -2.32. The summed E-state index contributed by atoms with van der Waals surface area (Å²) in [6.07, 6.45) is -4.02. The van der Waals surface area contributed by atoms with Gasteiger partial charge in [-0.1, -0.05) is 12.1 Å².